The molecule has 2 fully saturated rings. The minimum atomic E-state index is -0.0174. The van der Waals surface area contributed by atoms with Crippen molar-refractivity contribution in [3.8, 4) is 0 Å². The van der Waals surface area contributed by atoms with Crippen LogP contribution in [0.1, 0.15) is 25.7 Å². The van der Waals surface area contributed by atoms with Gasteiger partial charge in [0.05, 0.1) is 6.10 Å². The highest BCUT2D eigenvalue weighted by molar-refractivity contribution is 4.88. The topological polar surface area (TPSA) is 23.5 Å². The quantitative estimate of drug-likeness (QED) is 0.534. The Labute approximate surface area is 61.8 Å². The van der Waals surface area contributed by atoms with Crippen LogP contribution in [0.5, 0.6) is 0 Å². The van der Waals surface area contributed by atoms with Gasteiger partial charge in [0.1, 0.15) is 0 Å². The number of hydrogen-bond acceptors (Lipinski definition) is 2. The second-order valence-electron chi connectivity index (χ2n) is 3.46. The summed E-state index contributed by atoms with van der Waals surface area (Å²) < 4.78 is 0. The fourth-order valence-electron chi connectivity index (χ4n) is 2.26. The highest BCUT2D eigenvalue weighted by Crippen LogP contribution is 2.26. The SMILES string of the molecule is O[C@@H]1CCCN2CCC[C@@H]12. The van der Waals surface area contributed by atoms with Gasteiger partial charge in [-0.1, -0.05) is 0 Å². The van der Waals surface area contributed by atoms with Crippen LogP contribution in [0.2, 0.25) is 0 Å². The van der Waals surface area contributed by atoms with Crippen LogP contribution in [-0.2, 0) is 0 Å². The molecule has 0 bridgehead atoms. The molecule has 0 aliphatic carbocycles. The predicted octanol–water partition coefficient (Wildman–Crippen LogP) is 0.605. The van der Waals surface area contributed by atoms with Crippen molar-refractivity contribution in [1.82, 2.24) is 4.90 Å². The third-order valence-corrected chi connectivity index (χ3v) is 2.80. The zero-order chi connectivity index (χ0) is 6.97. The summed E-state index contributed by atoms with van der Waals surface area (Å²) in [5.74, 6) is 0. The number of aliphatic hydroxyl groups excluding tert-OH is 1. The molecule has 2 heteroatoms. The Morgan fingerprint density at radius 3 is 2.50 bits per heavy atom. The lowest BCUT2D eigenvalue weighted by Crippen LogP contribution is -2.43. The number of piperidine rings is 1. The maximum Gasteiger partial charge on any atom is 0.0695 e. The number of aliphatic hydroxyl groups is 1. The van der Waals surface area contributed by atoms with Crippen molar-refractivity contribution < 1.29 is 5.11 Å². The molecule has 0 aromatic carbocycles. The zero-order valence-corrected chi connectivity index (χ0v) is 6.29. The van der Waals surface area contributed by atoms with Crippen molar-refractivity contribution in [2.24, 2.45) is 0 Å². The van der Waals surface area contributed by atoms with E-state index in [1.807, 2.05) is 0 Å². The molecule has 0 amide bonds. The predicted molar refractivity (Wildman–Crippen MR) is 39.8 cm³/mol. The summed E-state index contributed by atoms with van der Waals surface area (Å²) in [7, 11) is 0. The van der Waals surface area contributed by atoms with Gasteiger partial charge in [-0.3, -0.25) is 4.90 Å². The van der Waals surface area contributed by atoms with Gasteiger partial charge < -0.3 is 5.11 Å². The minimum Gasteiger partial charge on any atom is -0.391 e. The van der Waals surface area contributed by atoms with E-state index in [2.05, 4.69) is 4.90 Å². The molecule has 2 atom stereocenters. The van der Waals surface area contributed by atoms with Crippen molar-refractivity contribution in [3.05, 3.63) is 0 Å². The van der Waals surface area contributed by atoms with Gasteiger partial charge in [-0.15, -0.1) is 0 Å². The summed E-state index contributed by atoms with van der Waals surface area (Å²) in [4.78, 5) is 2.44. The first-order valence-corrected chi connectivity index (χ1v) is 4.30. The van der Waals surface area contributed by atoms with E-state index < -0.39 is 0 Å². The maximum absolute atomic E-state index is 9.54. The third kappa shape index (κ3) is 0.956. The lowest BCUT2D eigenvalue weighted by Gasteiger charge is -2.33. The van der Waals surface area contributed by atoms with Crippen molar-refractivity contribution >= 4 is 0 Å². The van der Waals surface area contributed by atoms with Gasteiger partial charge in [0.2, 0.25) is 0 Å². The Kier molecular flexibility index (Phi) is 1.66. The summed E-state index contributed by atoms with van der Waals surface area (Å²) in [6.07, 6.45) is 4.72. The summed E-state index contributed by atoms with van der Waals surface area (Å²) in [6.45, 7) is 2.45. The molecule has 58 valence electrons. The number of fused-ring (bicyclic) bond motifs is 1. The molecule has 2 rings (SSSR count). The van der Waals surface area contributed by atoms with E-state index in [4.69, 9.17) is 0 Å². The average molecular weight is 141 g/mol. The standard InChI is InChI=1S/C8H15NO/c10-8-4-2-6-9-5-1-3-7(8)9/h7-8,10H,1-6H2/t7-,8+/m0/s1. The van der Waals surface area contributed by atoms with E-state index in [0.29, 0.717) is 6.04 Å². The Bertz CT molecular complexity index is 126. The van der Waals surface area contributed by atoms with E-state index >= 15 is 0 Å². The molecular weight excluding hydrogens is 126 g/mol. The summed E-state index contributed by atoms with van der Waals surface area (Å²) in [5, 5.41) is 9.54. The lowest BCUT2D eigenvalue weighted by molar-refractivity contribution is 0.0344. The second-order valence-corrected chi connectivity index (χ2v) is 3.46. The fraction of sp³-hybridized carbons (Fsp3) is 1.00. The molecule has 0 aromatic heterocycles. The summed E-state index contributed by atoms with van der Waals surface area (Å²) >= 11 is 0. The molecule has 10 heavy (non-hydrogen) atoms. The van der Waals surface area contributed by atoms with Crippen molar-refractivity contribution in [2.75, 3.05) is 13.1 Å². The molecule has 2 nitrogen and oxygen atoms in total. The first kappa shape index (κ1) is 6.62. The number of rotatable bonds is 0. The normalized spacial score (nSPS) is 41.7. The Morgan fingerprint density at radius 2 is 1.80 bits per heavy atom. The van der Waals surface area contributed by atoms with Gasteiger partial charge >= 0.3 is 0 Å². The largest absolute Gasteiger partial charge is 0.391 e. The summed E-state index contributed by atoms with van der Waals surface area (Å²) in [5.41, 5.74) is 0. The van der Waals surface area contributed by atoms with Crippen molar-refractivity contribution in [2.45, 2.75) is 37.8 Å². The van der Waals surface area contributed by atoms with Gasteiger partial charge in [-0.25, -0.2) is 0 Å². The highest BCUT2D eigenvalue weighted by atomic mass is 16.3. The minimum absolute atomic E-state index is 0.0174. The van der Waals surface area contributed by atoms with E-state index in [-0.39, 0.29) is 6.10 Å². The lowest BCUT2D eigenvalue weighted by atomic mass is 10.00. The van der Waals surface area contributed by atoms with Crippen LogP contribution in [-0.4, -0.2) is 35.2 Å². The molecule has 2 aliphatic heterocycles. The molecule has 0 unspecified atom stereocenters. The van der Waals surface area contributed by atoms with Crippen LogP contribution >= 0.6 is 0 Å². The van der Waals surface area contributed by atoms with Crippen LogP contribution in [0.15, 0.2) is 0 Å². The van der Waals surface area contributed by atoms with Crippen LogP contribution in [0.25, 0.3) is 0 Å². The third-order valence-electron chi connectivity index (χ3n) is 2.80. The summed E-state index contributed by atoms with van der Waals surface area (Å²) in [6, 6.07) is 0.522. The smallest absolute Gasteiger partial charge is 0.0695 e. The second kappa shape index (κ2) is 2.51. The van der Waals surface area contributed by atoms with Gasteiger partial charge in [0.25, 0.3) is 0 Å². The van der Waals surface area contributed by atoms with E-state index in [1.54, 1.807) is 0 Å². The van der Waals surface area contributed by atoms with Gasteiger partial charge in [0.15, 0.2) is 0 Å². The average Bonchev–Trinajstić information content (AvgIpc) is 2.36. The van der Waals surface area contributed by atoms with E-state index in [1.165, 1.54) is 32.4 Å². The zero-order valence-electron chi connectivity index (χ0n) is 6.29. The molecule has 2 saturated heterocycles. The Balaban J connectivity index is 2.03. The molecule has 0 saturated carbocycles. The molecule has 0 spiro atoms. The Morgan fingerprint density at radius 1 is 1.10 bits per heavy atom. The van der Waals surface area contributed by atoms with Crippen molar-refractivity contribution in [3.63, 3.8) is 0 Å². The molecule has 0 radical (unpaired) electrons. The van der Waals surface area contributed by atoms with E-state index in [9.17, 15) is 5.11 Å². The highest BCUT2D eigenvalue weighted by Gasteiger charge is 2.32. The Hall–Kier alpha value is -0.0800. The van der Waals surface area contributed by atoms with Gasteiger partial charge in [-0.05, 0) is 38.8 Å². The molecule has 2 aliphatic rings. The molecular formula is C8H15NO. The first-order valence-electron chi connectivity index (χ1n) is 4.30. The van der Waals surface area contributed by atoms with Gasteiger partial charge in [-0.2, -0.15) is 0 Å². The number of nitrogens with zero attached hydrogens (tertiary/aromatic N) is 1. The molecule has 1 N–H and O–H groups in total. The van der Waals surface area contributed by atoms with Crippen LogP contribution in [0, 0.1) is 0 Å². The van der Waals surface area contributed by atoms with Crippen LogP contribution in [0.3, 0.4) is 0 Å². The monoisotopic (exact) mass is 141 g/mol. The first-order chi connectivity index (χ1) is 4.88. The molecule has 0 aromatic rings. The van der Waals surface area contributed by atoms with Crippen LogP contribution in [0.4, 0.5) is 0 Å². The maximum atomic E-state index is 9.54. The fourth-order valence-corrected chi connectivity index (χ4v) is 2.26. The van der Waals surface area contributed by atoms with E-state index in [0.717, 1.165) is 6.42 Å². The number of hydrogen-bond donors (Lipinski definition) is 1. The van der Waals surface area contributed by atoms with Crippen LogP contribution < -0.4 is 0 Å². The van der Waals surface area contributed by atoms with Crippen molar-refractivity contribution in [1.29, 1.82) is 0 Å². The van der Waals surface area contributed by atoms with Gasteiger partial charge in [0, 0.05) is 6.04 Å². The molecule has 2 heterocycles.